The van der Waals surface area contributed by atoms with E-state index in [0.717, 1.165) is 38.5 Å². The Morgan fingerprint density at radius 3 is 2.33 bits per heavy atom. The van der Waals surface area contributed by atoms with Crippen LogP contribution in [0.25, 0.3) is 0 Å². The van der Waals surface area contributed by atoms with E-state index in [1.165, 1.54) is 7.11 Å². The van der Waals surface area contributed by atoms with Gasteiger partial charge in [-0.25, -0.2) is 4.79 Å². The number of aliphatic hydroxyl groups is 1. The largest absolute Gasteiger partial charge is 0.467 e. The highest BCUT2D eigenvalue weighted by molar-refractivity contribution is 5.75. The number of aliphatic hydroxyl groups excluding tert-OH is 1. The van der Waals surface area contributed by atoms with Gasteiger partial charge < -0.3 is 15.6 Å². The summed E-state index contributed by atoms with van der Waals surface area (Å²) in [6.07, 6.45) is 4.96. The smallest absolute Gasteiger partial charge is 0.335 e. The second kappa shape index (κ2) is 5.47. The second-order valence-electron chi connectivity index (χ2n) is 4.41. The summed E-state index contributed by atoms with van der Waals surface area (Å²) in [6.45, 7) is 0.350. The summed E-state index contributed by atoms with van der Waals surface area (Å²) in [6, 6.07) is 0. The highest BCUT2D eigenvalue weighted by Crippen LogP contribution is 2.37. The molecule has 0 aliphatic heterocycles. The molecule has 1 fully saturated rings. The van der Waals surface area contributed by atoms with E-state index >= 15 is 0 Å². The van der Waals surface area contributed by atoms with Crippen molar-refractivity contribution in [1.29, 1.82) is 0 Å². The van der Waals surface area contributed by atoms with Gasteiger partial charge in [-0.05, 0) is 12.8 Å². The van der Waals surface area contributed by atoms with Crippen LogP contribution in [0.5, 0.6) is 0 Å². The Kier molecular flexibility index (Phi) is 4.54. The fourth-order valence-corrected chi connectivity index (χ4v) is 2.38. The van der Waals surface area contributed by atoms with Crippen LogP contribution < -0.4 is 5.73 Å². The highest BCUT2D eigenvalue weighted by Gasteiger charge is 2.41. The number of rotatable bonds is 3. The van der Waals surface area contributed by atoms with Crippen molar-refractivity contribution in [2.45, 2.75) is 44.6 Å². The van der Waals surface area contributed by atoms with Crippen molar-refractivity contribution in [3.05, 3.63) is 0 Å². The summed E-state index contributed by atoms with van der Waals surface area (Å²) in [5.41, 5.74) is 5.28. The molecule has 0 aromatic carbocycles. The molecule has 1 aliphatic rings. The third-order valence-corrected chi connectivity index (χ3v) is 3.51. The fourth-order valence-electron chi connectivity index (χ4n) is 2.38. The van der Waals surface area contributed by atoms with E-state index < -0.39 is 17.5 Å². The lowest BCUT2D eigenvalue weighted by molar-refractivity contribution is -0.158. The quantitative estimate of drug-likeness (QED) is 0.540. The molecule has 15 heavy (non-hydrogen) atoms. The lowest BCUT2D eigenvalue weighted by Gasteiger charge is -2.34. The van der Waals surface area contributed by atoms with Crippen LogP contribution in [0.3, 0.4) is 0 Å². The number of nitrogens with two attached hydrogens (primary N) is 1. The molecule has 1 rings (SSSR count). The predicted molar refractivity (Wildman–Crippen MR) is 57.2 cm³/mol. The zero-order valence-corrected chi connectivity index (χ0v) is 9.37. The number of carbonyl (C=O) groups excluding carboxylic acids is 1. The van der Waals surface area contributed by atoms with Crippen LogP contribution in [0.15, 0.2) is 0 Å². The van der Waals surface area contributed by atoms with Crippen molar-refractivity contribution in [3.63, 3.8) is 0 Å². The Bertz CT molecular complexity index is 210. The topological polar surface area (TPSA) is 72.5 Å². The summed E-state index contributed by atoms with van der Waals surface area (Å²) in [5.74, 6) is -0.553. The standard InChI is InChI=1S/C11H21NO3/c1-15-10(14)9(13)11(8-12)6-4-2-3-5-7-11/h9,13H,2-8,12H2,1H3. The van der Waals surface area contributed by atoms with Crippen molar-refractivity contribution in [2.24, 2.45) is 11.1 Å². The molecule has 3 N–H and O–H groups in total. The molecule has 0 spiro atoms. The Hall–Kier alpha value is -0.610. The van der Waals surface area contributed by atoms with Gasteiger partial charge in [0.1, 0.15) is 0 Å². The first-order chi connectivity index (χ1) is 7.16. The van der Waals surface area contributed by atoms with Crippen molar-refractivity contribution >= 4 is 5.97 Å². The summed E-state index contributed by atoms with van der Waals surface area (Å²) >= 11 is 0. The minimum absolute atomic E-state index is 0.350. The third kappa shape index (κ3) is 2.69. The molecule has 0 saturated heterocycles. The van der Waals surface area contributed by atoms with Crippen LogP contribution >= 0.6 is 0 Å². The van der Waals surface area contributed by atoms with E-state index in [1.54, 1.807) is 0 Å². The normalized spacial score (nSPS) is 22.9. The Labute approximate surface area is 90.8 Å². The molecule has 0 bridgehead atoms. The molecule has 0 radical (unpaired) electrons. The minimum Gasteiger partial charge on any atom is -0.467 e. The third-order valence-electron chi connectivity index (χ3n) is 3.51. The second-order valence-corrected chi connectivity index (χ2v) is 4.41. The molecule has 4 heteroatoms. The Morgan fingerprint density at radius 2 is 1.93 bits per heavy atom. The lowest BCUT2D eigenvalue weighted by atomic mass is 9.75. The number of hydrogen-bond donors (Lipinski definition) is 2. The van der Waals surface area contributed by atoms with Crippen molar-refractivity contribution in [1.82, 2.24) is 0 Å². The van der Waals surface area contributed by atoms with Crippen LogP contribution in [0.4, 0.5) is 0 Å². The molecule has 0 aromatic rings. The number of methoxy groups -OCH3 is 1. The van der Waals surface area contributed by atoms with E-state index in [4.69, 9.17) is 5.73 Å². The molecule has 1 saturated carbocycles. The maximum atomic E-state index is 11.4. The van der Waals surface area contributed by atoms with E-state index in [2.05, 4.69) is 4.74 Å². The number of esters is 1. The fraction of sp³-hybridized carbons (Fsp3) is 0.909. The average molecular weight is 215 g/mol. The molecular formula is C11H21NO3. The maximum Gasteiger partial charge on any atom is 0.335 e. The molecule has 0 heterocycles. The van der Waals surface area contributed by atoms with Gasteiger partial charge in [0.05, 0.1) is 7.11 Å². The maximum absolute atomic E-state index is 11.4. The van der Waals surface area contributed by atoms with Crippen LogP contribution in [-0.2, 0) is 9.53 Å². The SMILES string of the molecule is COC(=O)C(O)C1(CN)CCCCCC1. The van der Waals surface area contributed by atoms with Gasteiger partial charge >= 0.3 is 5.97 Å². The molecule has 1 atom stereocenters. The first-order valence-corrected chi connectivity index (χ1v) is 5.62. The summed E-state index contributed by atoms with van der Waals surface area (Å²) in [7, 11) is 1.30. The number of ether oxygens (including phenoxy) is 1. The van der Waals surface area contributed by atoms with Crippen LogP contribution in [0.1, 0.15) is 38.5 Å². The van der Waals surface area contributed by atoms with E-state index in [0.29, 0.717) is 6.54 Å². The molecule has 0 aromatic heterocycles. The number of carbonyl (C=O) groups is 1. The van der Waals surface area contributed by atoms with Crippen LogP contribution in [-0.4, -0.2) is 30.8 Å². The summed E-state index contributed by atoms with van der Waals surface area (Å²) < 4.78 is 4.59. The first kappa shape index (κ1) is 12.5. The molecule has 4 nitrogen and oxygen atoms in total. The average Bonchev–Trinajstić information content (AvgIpc) is 2.53. The molecular weight excluding hydrogens is 194 g/mol. The Balaban J connectivity index is 2.76. The zero-order valence-electron chi connectivity index (χ0n) is 9.37. The van der Waals surface area contributed by atoms with Gasteiger partial charge in [0.2, 0.25) is 0 Å². The van der Waals surface area contributed by atoms with Gasteiger partial charge in [0.15, 0.2) is 6.10 Å². The van der Waals surface area contributed by atoms with Gasteiger partial charge in [-0.1, -0.05) is 25.7 Å². The van der Waals surface area contributed by atoms with Crippen molar-refractivity contribution < 1.29 is 14.6 Å². The van der Waals surface area contributed by atoms with E-state index in [-0.39, 0.29) is 0 Å². The predicted octanol–water partition coefficient (Wildman–Crippen LogP) is 0.820. The van der Waals surface area contributed by atoms with Crippen molar-refractivity contribution in [2.75, 3.05) is 13.7 Å². The summed E-state index contributed by atoms with van der Waals surface area (Å²) in [5, 5.41) is 9.96. The van der Waals surface area contributed by atoms with Gasteiger partial charge in [-0.2, -0.15) is 0 Å². The summed E-state index contributed by atoms with van der Waals surface area (Å²) in [4.78, 5) is 11.4. The lowest BCUT2D eigenvalue weighted by Crippen LogP contribution is -2.46. The monoisotopic (exact) mass is 215 g/mol. The van der Waals surface area contributed by atoms with Gasteiger partial charge in [0, 0.05) is 12.0 Å². The minimum atomic E-state index is -1.06. The highest BCUT2D eigenvalue weighted by atomic mass is 16.5. The van der Waals surface area contributed by atoms with Crippen LogP contribution in [0.2, 0.25) is 0 Å². The number of hydrogen-bond acceptors (Lipinski definition) is 4. The van der Waals surface area contributed by atoms with Gasteiger partial charge in [-0.3, -0.25) is 0 Å². The van der Waals surface area contributed by atoms with Gasteiger partial charge in [-0.15, -0.1) is 0 Å². The van der Waals surface area contributed by atoms with Crippen molar-refractivity contribution in [3.8, 4) is 0 Å². The molecule has 0 amide bonds. The Morgan fingerprint density at radius 1 is 1.40 bits per heavy atom. The molecule has 1 unspecified atom stereocenters. The van der Waals surface area contributed by atoms with Gasteiger partial charge in [0.25, 0.3) is 0 Å². The molecule has 1 aliphatic carbocycles. The molecule has 88 valence electrons. The first-order valence-electron chi connectivity index (χ1n) is 5.62. The zero-order chi connectivity index (χ0) is 11.3. The van der Waals surface area contributed by atoms with E-state index in [9.17, 15) is 9.90 Å². The van der Waals surface area contributed by atoms with Crippen LogP contribution in [0, 0.1) is 5.41 Å². The van der Waals surface area contributed by atoms with E-state index in [1.807, 2.05) is 0 Å².